The van der Waals surface area contributed by atoms with Gasteiger partial charge >= 0.3 is 0 Å². The molecule has 1 aromatic carbocycles. The molecule has 0 saturated carbocycles. The Bertz CT molecular complexity index is 451. The van der Waals surface area contributed by atoms with Gasteiger partial charge in [-0.15, -0.1) is 0 Å². The summed E-state index contributed by atoms with van der Waals surface area (Å²) < 4.78 is 27.3. The van der Waals surface area contributed by atoms with Gasteiger partial charge in [0.25, 0.3) is 0 Å². The summed E-state index contributed by atoms with van der Waals surface area (Å²) in [4.78, 5) is 0. The lowest BCUT2D eigenvalue weighted by Gasteiger charge is -2.12. The van der Waals surface area contributed by atoms with Gasteiger partial charge in [0.05, 0.1) is 18.5 Å². The van der Waals surface area contributed by atoms with Crippen LogP contribution in [0.15, 0.2) is 24.3 Å². The Balaban J connectivity index is 2.52. The van der Waals surface area contributed by atoms with E-state index in [1.54, 1.807) is 19.1 Å². The number of rotatable bonds is 6. The summed E-state index contributed by atoms with van der Waals surface area (Å²) in [5.41, 5.74) is 0.715. The Morgan fingerprint density at radius 1 is 1.35 bits per heavy atom. The third-order valence-electron chi connectivity index (χ3n) is 2.29. The van der Waals surface area contributed by atoms with Crippen LogP contribution in [0.5, 0.6) is 5.75 Å². The maximum Gasteiger partial charge on any atom is 0.147 e. The Morgan fingerprint density at radius 2 is 2.00 bits per heavy atom. The van der Waals surface area contributed by atoms with E-state index in [2.05, 4.69) is 0 Å². The van der Waals surface area contributed by atoms with Crippen LogP contribution in [0.4, 0.5) is 0 Å². The number of benzene rings is 1. The van der Waals surface area contributed by atoms with Gasteiger partial charge in [0.15, 0.2) is 0 Å². The van der Waals surface area contributed by atoms with E-state index in [1.165, 1.54) is 6.26 Å². The number of ether oxygens (including phenoxy) is 1. The smallest absolute Gasteiger partial charge is 0.147 e. The maximum atomic E-state index is 10.9. The Morgan fingerprint density at radius 3 is 2.59 bits per heavy atom. The molecule has 0 spiro atoms. The monoisotopic (exact) mass is 258 g/mol. The summed E-state index contributed by atoms with van der Waals surface area (Å²) in [6.07, 6.45) is 1.06. The van der Waals surface area contributed by atoms with Crippen molar-refractivity contribution in [1.82, 2.24) is 0 Å². The van der Waals surface area contributed by atoms with Gasteiger partial charge in [-0.05, 0) is 19.4 Å². The molecule has 0 aliphatic carbocycles. The predicted octanol–water partition coefficient (Wildman–Crippen LogP) is 1.55. The molecule has 1 N–H and O–H groups in total. The van der Waals surface area contributed by atoms with Crippen molar-refractivity contribution in [3.05, 3.63) is 29.8 Å². The van der Waals surface area contributed by atoms with Crippen LogP contribution in [0.3, 0.4) is 0 Å². The van der Waals surface area contributed by atoms with Crippen molar-refractivity contribution in [2.75, 3.05) is 18.6 Å². The highest BCUT2D eigenvalue weighted by Crippen LogP contribution is 2.24. The Kier molecular flexibility index (Phi) is 4.96. The zero-order valence-corrected chi connectivity index (χ0v) is 10.9. The molecule has 0 aromatic heterocycles. The highest BCUT2D eigenvalue weighted by Gasteiger charge is 2.08. The van der Waals surface area contributed by atoms with Crippen molar-refractivity contribution in [3.63, 3.8) is 0 Å². The van der Waals surface area contributed by atoms with Gasteiger partial charge in [-0.25, -0.2) is 8.42 Å². The molecule has 0 radical (unpaired) electrons. The fraction of sp³-hybridized carbons (Fsp3) is 0.500. The first-order valence-corrected chi connectivity index (χ1v) is 7.54. The summed E-state index contributed by atoms with van der Waals surface area (Å²) >= 11 is 0. The van der Waals surface area contributed by atoms with E-state index in [0.29, 0.717) is 24.3 Å². The van der Waals surface area contributed by atoms with Crippen molar-refractivity contribution in [3.8, 4) is 5.75 Å². The Labute approximate surface area is 102 Å². The molecule has 0 fully saturated rings. The summed E-state index contributed by atoms with van der Waals surface area (Å²) in [6.45, 7) is 2.00. The first kappa shape index (κ1) is 14.0. The van der Waals surface area contributed by atoms with Crippen LogP contribution >= 0.6 is 0 Å². The van der Waals surface area contributed by atoms with E-state index < -0.39 is 15.9 Å². The lowest BCUT2D eigenvalue weighted by molar-refractivity contribution is 0.191. The lowest BCUT2D eigenvalue weighted by atomic mass is 10.1. The van der Waals surface area contributed by atoms with Gasteiger partial charge in [0, 0.05) is 11.8 Å². The van der Waals surface area contributed by atoms with Gasteiger partial charge in [-0.2, -0.15) is 0 Å². The van der Waals surface area contributed by atoms with Gasteiger partial charge in [0.1, 0.15) is 15.6 Å². The second-order valence-electron chi connectivity index (χ2n) is 4.05. The molecule has 5 heteroatoms. The van der Waals surface area contributed by atoms with Crippen LogP contribution in [-0.2, 0) is 9.84 Å². The van der Waals surface area contributed by atoms with Crippen LogP contribution in [0.1, 0.15) is 25.0 Å². The van der Waals surface area contributed by atoms with Crippen LogP contribution in [0.2, 0.25) is 0 Å². The second-order valence-corrected chi connectivity index (χ2v) is 6.31. The van der Waals surface area contributed by atoms with Crippen molar-refractivity contribution < 1.29 is 18.3 Å². The average molecular weight is 258 g/mol. The molecule has 0 heterocycles. The van der Waals surface area contributed by atoms with E-state index >= 15 is 0 Å². The van der Waals surface area contributed by atoms with Crippen molar-refractivity contribution in [1.29, 1.82) is 0 Å². The summed E-state index contributed by atoms with van der Waals surface area (Å²) in [6, 6.07) is 7.20. The van der Waals surface area contributed by atoms with Crippen molar-refractivity contribution >= 4 is 9.84 Å². The van der Waals surface area contributed by atoms with Gasteiger partial charge in [-0.1, -0.05) is 18.2 Å². The molecular weight excluding hydrogens is 240 g/mol. The molecule has 0 aliphatic rings. The van der Waals surface area contributed by atoms with Gasteiger partial charge in [0.2, 0.25) is 0 Å². The van der Waals surface area contributed by atoms with Gasteiger partial charge in [-0.3, -0.25) is 0 Å². The maximum absolute atomic E-state index is 10.9. The molecule has 96 valence electrons. The number of hydrogen-bond acceptors (Lipinski definition) is 4. The summed E-state index contributed by atoms with van der Waals surface area (Å²) in [7, 11) is -2.93. The second kappa shape index (κ2) is 6.02. The molecule has 0 saturated heterocycles. The zero-order valence-electron chi connectivity index (χ0n) is 10.1. The first-order chi connectivity index (χ1) is 7.90. The third-order valence-corrected chi connectivity index (χ3v) is 3.32. The predicted molar refractivity (Wildman–Crippen MR) is 66.9 cm³/mol. The number of aliphatic hydroxyl groups is 1. The molecule has 4 nitrogen and oxygen atoms in total. The number of hydrogen-bond donors (Lipinski definition) is 1. The minimum absolute atomic E-state index is 0.115. The van der Waals surface area contributed by atoms with Crippen molar-refractivity contribution in [2.24, 2.45) is 0 Å². The molecule has 1 rings (SSSR count). The summed E-state index contributed by atoms with van der Waals surface area (Å²) in [5, 5.41) is 9.51. The molecular formula is C12H18O4S. The highest BCUT2D eigenvalue weighted by atomic mass is 32.2. The fourth-order valence-corrected chi connectivity index (χ4v) is 2.10. The van der Waals surface area contributed by atoms with Gasteiger partial charge < -0.3 is 9.84 Å². The number of para-hydroxylation sites is 1. The highest BCUT2D eigenvalue weighted by molar-refractivity contribution is 7.90. The number of sulfone groups is 1. The van der Waals surface area contributed by atoms with Crippen LogP contribution in [0.25, 0.3) is 0 Å². The number of aliphatic hydroxyl groups excluding tert-OH is 1. The normalized spacial score (nSPS) is 13.4. The topological polar surface area (TPSA) is 63.6 Å². The minimum atomic E-state index is -2.93. The van der Waals surface area contributed by atoms with Crippen LogP contribution < -0.4 is 4.74 Å². The fourth-order valence-electron chi connectivity index (χ4n) is 1.46. The quantitative estimate of drug-likeness (QED) is 0.786. The molecule has 1 atom stereocenters. The lowest BCUT2D eigenvalue weighted by Crippen LogP contribution is -2.09. The van der Waals surface area contributed by atoms with E-state index in [1.807, 2.05) is 12.1 Å². The summed E-state index contributed by atoms with van der Waals surface area (Å²) in [5.74, 6) is 0.722. The van der Waals surface area contributed by atoms with Crippen LogP contribution in [-0.4, -0.2) is 32.1 Å². The standard InChI is InChI=1S/C12H18O4S/c1-10(13)11-6-3-4-7-12(11)16-8-5-9-17(2,14)15/h3-4,6-7,10,13H,5,8-9H2,1-2H3/t10-/m1/s1. The minimum Gasteiger partial charge on any atom is -0.493 e. The third kappa shape index (κ3) is 5.19. The SMILES string of the molecule is C[C@@H](O)c1ccccc1OCCCS(C)(=O)=O. The molecule has 1 aromatic rings. The molecule has 17 heavy (non-hydrogen) atoms. The molecule has 0 aliphatic heterocycles. The van der Waals surface area contributed by atoms with Crippen LogP contribution in [0, 0.1) is 0 Å². The Hall–Kier alpha value is -1.07. The zero-order chi connectivity index (χ0) is 12.9. The van der Waals surface area contributed by atoms with Crippen molar-refractivity contribution in [2.45, 2.75) is 19.4 Å². The van der Waals surface area contributed by atoms with E-state index in [-0.39, 0.29) is 5.75 Å². The first-order valence-electron chi connectivity index (χ1n) is 5.47. The largest absolute Gasteiger partial charge is 0.493 e. The van der Waals surface area contributed by atoms with E-state index in [9.17, 15) is 13.5 Å². The molecule has 0 unspecified atom stereocenters. The molecule has 0 amide bonds. The molecule has 0 bridgehead atoms. The average Bonchev–Trinajstić information content (AvgIpc) is 2.23. The van der Waals surface area contributed by atoms with E-state index in [4.69, 9.17) is 4.74 Å². The van der Waals surface area contributed by atoms with E-state index in [0.717, 1.165) is 0 Å².